The zero-order valence-corrected chi connectivity index (χ0v) is 34.2. The number of hydrogen-bond donors (Lipinski definition) is 2. The molecule has 274 valence electrons. The van der Waals surface area contributed by atoms with E-state index in [1.54, 1.807) is 27.7 Å². The Bertz CT molecular complexity index is 1740. The summed E-state index contributed by atoms with van der Waals surface area (Å²) in [6.07, 6.45) is 0. The van der Waals surface area contributed by atoms with Crippen molar-refractivity contribution in [3.05, 3.63) is 77.9 Å². The summed E-state index contributed by atoms with van der Waals surface area (Å²) in [5, 5.41) is 21.7. The van der Waals surface area contributed by atoms with Crippen LogP contribution >= 0.6 is 12.0 Å². The molecule has 0 fully saturated rings. The standard InChI is InChI=1S/C42H58BN3O4S/c1-37(2,3)30-20-16-27(17-21-30)34-44-35(28-18-22-31(23-19-28)38(4,5)6)46-36(45-34)29-24-32(43(15)49-41(11,12)39(7,8)47)26-33(25-29)51-50-42(13,14)40(9,10)48/h16-26,47-48H,1-15H3. The topological polar surface area (TPSA) is 97.6 Å². The maximum absolute atomic E-state index is 10.9. The van der Waals surface area contributed by atoms with E-state index in [2.05, 4.69) is 90.1 Å². The molecule has 0 aliphatic heterocycles. The van der Waals surface area contributed by atoms with Gasteiger partial charge in [0.1, 0.15) is 5.60 Å². The Morgan fingerprint density at radius 3 is 1.29 bits per heavy atom. The van der Waals surface area contributed by atoms with Crippen molar-refractivity contribution >= 4 is 24.4 Å². The first-order valence-electron chi connectivity index (χ1n) is 17.8. The average molecular weight is 712 g/mol. The minimum atomic E-state index is -1.09. The predicted molar refractivity (Wildman–Crippen MR) is 214 cm³/mol. The first kappa shape index (κ1) is 40.7. The Balaban J connectivity index is 1.91. The van der Waals surface area contributed by atoms with Crippen LogP contribution in [-0.4, -0.2) is 54.5 Å². The van der Waals surface area contributed by atoms with Gasteiger partial charge >= 0.3 is 6.92 Å². The molecule has 0 bridgehead atoms. The van der Waals surface area contributed by atoms with Gasteiger partial charge in [0, 0.05) is 33.6 Å². The molecule has 0 aliphatic rings. The number of rotatable bonds is 11. The molecular weight excluding hydrogens is 653 g/mol. The molecule has 1 heterocycles. The highest BCUT2D eigenvalue weighted by atomic mass is 32.2. The average Bonchev–Trinajstić information content (AvgIpc) is 3.01. The number of aromatic nitrogens is 3. The van der Waals surface area contributed by atoms with E-state index in [-0.39, 0.29) is 10.8 Å². The van der Waals surface area contributed by atoms with Crippen LogP contribution in [0.25, 0.3) is 34.2 Å². The van der Waals surface area contributed by atoms with Gasteiger partial charge in [0.15, 0.2) is 17.5 Å². The predicted octanol–water partition coefficient (Wildman–Crippen LogP) is 9.44. The molecule has 1 aromatic heterocycles. The fourth-order valence-corrected chi connectivity index (χ4v) is 5.81. The van der Waals surface area contributed by atoms with Crippen LogP contribution in [0.1, 0.15) is 108 Å². The molecule has 4 aromatic rings. The minimum Gasteiger partial charge on any atom is -0.423 e. The molecular formula is C42H58BN3O4S. The van der Waals surface area contributed by atoms with E-state index in [4.69, 9.17) is 23.8 Å². The van der Waals surface area contributed by atoms with Crippen molar-refractivity contribution in [1.82, 2.24) is 15.0 Å². The van der Waals surface area contributed by atoms with E-state index >= 15 is 0 Å². The molecule has 0 amide bonds. The van der Waals surface area contributed by atoms with Crippen LogP contribution in [0.2, 0.25) is 6.82 Å². The van der Waals surface area contributed by atoms with Gasteiger partial charge in [0.2, 0.25) is 0 Å². The second kappa shape index (κ2) is 14.4. The third kappa shape index (κ3) is 9.88. The van der Waals surface area contributed by atoms with Crippen molar-refractivity contribution in [2.24, 2.45) is 0 Å². The van der Waals surface area contributed by atoms with Crippen molar-refractivity contribution in [3.8, 4) is 34.2 Å². The highest BCUT2D eigenvalue weighted by Crippen LogP contribution is 2.35. The fourth-order valence-electron chi connectivity index (χ4n) is 4.94. The Morgan fingerprint density at radius 1 is 0.529 bits per heavy atom. The highest BCUT2D eigenvalue weighted by molar-refractivity contribution is 7.94. The molecule has 0 unspecified atom stereocenters. The van der Waals surface area contributed by atoms with E-state index in [9.17, 15) is 10.2 Å². The summed E-state index contributed by atoms with van der Waals surface area (Å²) < 4.78 is 12.8. The van der Waals surface area contributed by atoms with Gasteiger partial charge in [0.05, 0.1) is 16.8 Å². The molecule has 2 N–H and O–H groups in total. The Morgan fingerprint density at radius 2 is 0.922 bits per heavy atom. The third-order valence-electron chi connectivity index (χ3n) is 10.1. The summed E-state index contributed by atoms with van der Waals surface area (Å²) in [6.45, 7) is 29.2. The largest absolute Gasteiger partial charge is 0.423 e. The summed E-state index contributed by atoms with van der Waals surface area (Å²) >= 11 is 1.19. The zero-order valence-electron chi connectivity index (χ0n) is 33.4. The van der Waals surface area contributed by atoms with Crippen LogP contribution in [0.15, 0.2) is 71.6 Å². The molecule has 7 nitrogen and oxygen atoms in total. The van der Waals surface area contributed by atoms with Crippen LogP contribution in [0.5, 0.6) is 0 Å². The van der Waals surface area contributed by atoms with Crippen LogP contribution in [0.4, 0.5) is 0 Å². The molecule has 4 rings (SSSR count). The quantitative estimate of drug-likeness (QED) is 0.117. The van der Waals surface area contributed by atoms with Gasteiger partial charge < -0.3 is 19.1 Å². The lowest BCUT2D eigenvalue weighted by atomic mass is 9.62. The fraction of sp³-hybridized carbons (Fsp3) is 0.500. The van der Waals surface area contributed by atoms with Gasteiger partial charge in [-0.15, -0.1) is 0 Å². The smallest absolute Gasteiger partial charge is 0.324 e. The van der Waals surface area contributed by atoms with Gasteiger partial charge in [-0.1, -0.05) is 103 Å². The molecule has 0 radical (unpaired) electrons. The lowest BCUT2D eigenvalue weighted by Crippen LogP contribution is -2.52. The van der Waals surface area contributed by atoms with Crippen LogP contribution < -0.4 is 5.46 Å². The molecule has 51 heavy (non-hydrogen) atoms. The lowest BCUT2D eigenvalue weighted by molar-refractivity contribution is -0.0918. The summed E-state index contributed by atoms with van der Waals surface area (Å²) in [5.41, 5.74) is 2.02. The lowest BCUT2D eigenvalue weighted by Gasteiger charge is -2.39. The van der Waals surface area contributed by atoms with E-state index in [1.165, 1.54) is 23.2 Å². The van der Waals surface area contributed by atoms with Gasteiger partial charge in [-0.3, -0.25) is 0 Å². The van der Waals surface area contributed by atoms with Crippen molar-refractivity contribution < 1.29 is 19.1 Å². The SMILES string of the molecule is CB(OC(C)(C)C(C)(C)O)c1cc(SOC(C)(C)C(C)(C)O)cc(-c2nc(-c3ccc(C(C)(C)C)cc3)nc(-c3ccc(C(C)(C)C)cc3)n2)c1. The van der Waals surface area contributed by atoms with E-state index in [0.29, 0.717) is 17.5 Å². The van der Waals surface area contributed by atoms with Gasteiger partial charge in [-0.25, -0.2) is 15.0 Å². The van der Waals surface area contributed by atoms with E-state index in [0.717, 1.165) is 27.0 Å². The van der Waals surface area contributed by atoms with Crippen LogP contribution in [0, 0.1) is 0 Å². The Kier molecular flexibility index (Phi) is 11.5. The highest BCUT2D eigenvalue weighted by Gasteiger charge is 2.39. The van der Waals surface area contributed by atoms with Crippen molar-refractivity contribution in [3.63, 3.8) is 0 Å². The van der Waals surface area contributed by atoms with E-state index < -0.39 is 29.3 Å². The molecule has 0 aliphatic carbocycles. The Labute approximate surface area is 311 Å². The van der Waals surface area contributed by atoms with Gasteiger partial charge in [0.25, 0.3) is 0 Å². The van der Waals surface area contributed by atoms with Crippen LogP contribution in [0.3, 0.4) is 0 Å². The van der Waals surface area contributed by atoms with Gasteiger partial charge in [-0.2, -0.15) is 0 Å². The normalized spacial score (nSPS) is 13.4. The maximum Gasteiger partial charge on any atom is 0.324 e. The molecule has 0 saturated heterocycles. The number of benzene rings is 3. The Hall–Kier alpha value is -3.08. The summed E-state index contributed by atoms with van der Waals surface area (Å²) in [6, 6.07) is 22.9. The number of nitrogens with zero attached hydrogens (tertiary/aromatic N) is 3. The van der Waals surface area contributed by atoms with Crippen molar-refractivity contribution in [1.29, 1.82) is 0 Å². The third-order valence-corrected chi connectivity index (χ3v) is 11.0. The zero-order chi connectivity index (χ0) is 38.4. The molecule has 0 atom stereocenters. The monoisotopic (exact) mass is 711 g/mol. The summed E-state index contributed by atoms with van der Waals surface area (Å²) in [4.78, 5) is 15.9. The first-order chi connectivity index (χ1) is 23.2. The van der Waals surface area contributed by atoms with Crippen LogP contribution in [-0.2, 0) is 19.7 Å². The number of hydrogen-bond acceptors (Lipinski definition) is 8. The van der Waals surface area contributed by atoms with Gasteiger partial charge in [-0.05, 0) is 94.9 Å². The number of aliphatic hydroxyl groups is 2. The second-order valence-corrected chi connectivity index (χ2v) is 18.6. The summed E-state index contributed by atoms with van der Waals surface area (Å²) in [7, 11) is 0. The second-order valence-electron chi connectivity index (χ2n) is 17.8. The van der Waals surface area contributed by atoms with Crippen molar-refractivity contribution in [2.75, 3.05) is 0 Å². The summed E-state index contributed by atoms with van der Waals surface area (Å²) in [5.74, 6) is 1.65. The molecule has 3 aromatic carbocycles. The molecule has 0 spiro atoms. The van der Waals surface area contributed by atoms with Crippen molar-refractivity contribution in [2.45, 2.75) is 142 Å². The first-order valence-corrected chi connectivity index (χ1v) is 18.5. The molecule has 0 saturated carbocycles. The maximum atomic E-state index is 10.9. The molecule has 9 heteroatoms. The minimum absolute atomic E-state index is 0.0116. The van der Waals surface area contributed by atoms with E-state index in [1.807, 2.05) is 52.7 Å².